The normalized spacial score (nSPS) is 15.9. The number of rotatable bonds is 3. The Kier molecular flexibility index (Phi) is 3.68. The summed E-state index contributed by atoms with van der Waals surface area (Å²) in [5.74, 6) is -0.290. The molecule has 0 N–H and O–H groups in total. The fraction of sp³-hybridized carbons (Fsp3) is 0.389. The number of hydrogen-bond acceptors (Lipinski definition) is 4. The van der Waals surface area contributed by atoms with E-state index in [9.17, 15) is 9.18 Å². The van der Waals surface area contributed by atoms with E-state index in [1.54, 1.807) is 22.6 Å². The first-order chi connectivity index (χ1) is 12.1. The van der Waals surface area contributed by atoms with Crippen LogP contribution in [0.4, 0.5) is 10.1 Å². The van der Waals surface area contributed by atoms with E-state index in [2.05, 4.69) is 5.10 Å². The van der Waals surface area contributed by atoms with Crippen molar-refractivity contribution in [1.29, 1.82) is 5.26 Å². The van der Waals surface area contributed by atoms with E-state index >= 15 is 0 Å². The smallest absolute Gasteiger partial charge is 0.279 e. The summed E-state index contributed by atoms with van der Waals surface area (Å²) in [6, 6.07) is 6.27. The zero-order valence-corrected chi connectivity index (χ0v) is 13.8. The van der Waals surface area contributed by atoms with Gasteiger partial charge in [-0.05, 0) is 37.5 Å². The maximum absolute atomic E-state index is 14.1. The maximum Gasteiger partial charge on any atom is 0.279 e. The van der Waals surface area contributed by atoms with Crippen LogP contribution in [0, 0.1) is 24.1 Å². The van der Waals surface area contributed by atoms with E-state index in [1.807, 2.05) is 6.07 Å². The number of halogens is 1. The molecule has 128 valence electrons. The molecule has 0 radical (unpaired) electrons. The summed E-state index contributed by atoms with van der Waals surface area (Å²) >= 11 is 0. The fourth-order valence-corrected chi connectivity index (χ4v) is 3.12. The molecule has 0 atom stereocenters. The van der Waals surface area contributed by atoms with Gasteiger partial charge in [0, 0.05) is 25.1 Å². The lowest BCUT2D eigenvalue weighted by Crippen LogP contribution is -2.34. The summed E-state index contributed by atoms with van der Waals surface area (Å²) in [4.78, 5) is 14.7. The molecule has 7 heteroatoms. The standard InChI is InChI=1S/C18H17FN4O2/c1-11-7-12(10-20)14(19)8-16(11)23(13-3-4-13)18(24)15-9-17-22(21-15)5-2-6-25-17/h7-9,13H,2-6H2,1H3. The molecule has 0 spiro atoms. The third-order valence-corrected chi connectivity index (χ3v) is 4.52. The Morgan fingerprint density at radius 3 is 2.92 bits per heavy atom. The van der Waals surface area contributed by atoms with Crippen molar-refractivity contribution in [3.63, 3.8) is 0 Å². The molecule has 1 aliphatic carbocycles. The van der Waals surface area contributed by atoms with Gasteiger partial charge in [0.05, 0.1) is 17.9 Å². The summed E-state index contributed by atoms with van der Waals surface area (Å²) in [5.41, 5.74) is 1.47. The van der Waals surface area contributed by atoms with Crippen LogP contribution in [0.2, 0.25) is 0 Å². The van der Waals surface area contributed by atoms with Gasteiger partial charge in [0.25, 0.3) is 5.91 Å². The molecule has 1 fully saturated rings. The predicted octanol–water partition coefficient (Wildman–Crippen LogP) is 2.79. The highest BCUT2D eigenvalue weighted by atomic mass is 19.1. The fourth-order valence-electron chi connectivity index (χ4n) is 3.12. The van der Waals surface area contributed by atoms with Gasteiger partial charge in [-0.3, -0.25) is 4.79 Å². The number of fused-ring (bicyclic) bond motifs is 1. The Labute approximate surface area is 144 Å². The van der Waals surface area contributed by atoms with E-state index in [0.29, 0.717) is 29.4 Å². The summed E-state index contributed by atoms with van der Waals surface area (Å²) < 4.78 is 21.3. The lowest BCUT2D eigenvalue weighted by Gasteiger charge is -2.24. The number of amides is 1. The lowest BCUT2D eigenvalue weighted by atomic mass is 10.1. The molecule has 0 unspecified atom stereocenters. The van der Waals surface area contributed by atoms with Gasteiger partial charge < -0.3 is 9.64 Å². The molecule has 1 aromatic heterocycles. The van der Waals surface area contributed by atoms with Crippen LogP contribution in [-0.4, -0.2) is 28.3 Å². The maximum atomic E-state index is 14.1. The molecule has 4 rings (SSSR count). The van der Waals surface area contributed by atoms with Gasteiger partial charge >= 0.3 is 0 Å². The second kappa shape index (κ2) is 5.88. The van der Waals surface area contributed by atoms with E-state index in [1.165, 1.54) is 12.1 Å². The number of carbonyl (C=O) groups excluding carboxylic acids is 1. The van der Waals surface area contributed by atoms with E-state index in [0.717, 1.165) is 25.8 Å². The molecule has 1 saturated carbocycles. The zero-order chi connectivity index (χ0) is 17.6. The van der Waals surface area contributed by atoms with Gasteiger partial charge in [-0.15, -0.1) is 0 Å². The molecule has 1 amide bonds. The van der Waals surface area contributed by atoms with Crippen LogP contribution in [0.15, 0.2) is 18.2 Å². The largest absolute Gasteiger partial charge is 0.478 e. The highest BCUT2D eigenvalue weighted by molar-refractivity contribution is 6.06. The van der Waals surface area contributed by atoms with Gasteiger partial charge in [0.15, 0.2) is 5.69 Å². The van der Waals surface area contributed by atoms with Crippen molar-refractivity contribution < 1.29 is 13.9 Å². The first-order valence-corrected chi connectivity index (χ1v) is 8.33. The van der Waals surface area contributed by atoms with Crippen molar-refractivity contribution >= 4 is 11.6 Å². The van der Waals surface area contributed by atoms with E-state index in [-0.39, 0.29) is 17.5 Å². The van der Waals surface area contributed by atoms with Crippen molar-refractivity contribution in [3.8, 4) is 11.9 Å². The number of aryl methyl sites for hydroxylation is 2. The van der Waals surface area contributed by atoms with Gasteiger partial charge in [-0.1, -0.05) is 0 Å². The predicted molar refractivity (Wildman–Crippen MR) is 88.0 cm³/mol. The SMILES string of the molecule is Cc1cc(C#N)c(F)cc1N(C(=O)c1cc2n(n1)CCCO2)C1CC1. The quantitative estimate of drug-likeness (QED) is 0.861. The summed E-state index contributed by atoms with van der Waals surface area (Å²) in [7, 11) is 0. The Bertz CT molecular complexity index is 872. The van der Waals surface area contributed by atoms with Crippen molar-refractivity contribution in [2.75, 3.05) is 11.5 Å². The van der Waals surface area contributed by atoms with Crippen LogP contribution in [0.25, 0.3) is 0 Å². The molecule has 1 aromatic carbocycles. The number of nitrogens with zero attached hydrogens (tertiary/aromatic N) is 4. The third kappa shape index (κ3) is 2.74. The van der Waals surface area contributed by atoms with E-state index in [4.69, 9.17) is 10.00 Å². The van der Waals surface area contributed by atoms with Crippen LogP contribution < -0.4 is 9.64 Å². The number of anilines is 1. The molecule has 25 heavy (non-hydrogen) atoms. The number of benzene rings is 1. The van der Waals surface area contributed by atoms with Gasteiger partial charge in [-0.2, -0.15) is 10.4 Å². The Hall–Kier alpha value is -2.88. The minimum absolute atomic E-state index is 0.0182. The topological polar surface area (TPSA) is 71.2 Å². The molecule has 2 aliphatic rings. The second-order valence-electron chi connectivity index (χ2n) is 6.43. The first kappa shape index (κ1) is 15.6. The lowest BCUT2D eigenvalue weighted by molar-refractivity contribution is 0.0979. The Balaban J connectivity index is 1.73. The van der Waals surface area contributed by atoms with Crippen LogP contribution in [-0.2, 0) is 6.54 Å². The monoisotopic (exact) mass is 340 g/mol. The molecule has 2 heterocycles. The zero-order valence-electron chi connectivity index (χ0n) is 13.8. The summed E-state index contributed by atoms with van der Waals surface area (Å²) in [5, 5.41) is 13.3. The van der Waals surface area contributed by atoms with Crippen LogP contribution in [0.1, 0.15) is 40.9 Å². The molecule has 6 nitrogen and oxygen atoms in total. The number of aromatic nitrogens is 2. The molecular weight excluding hydrogens is 323 g/mol. The van der Waals surface area contributed by atoms with Crippen LogP contribution in [0.5, 0.6) is 5.88 Å². The number of carbonyl (C=O) groups is 1. The molecular formula is C18H17FN4O2. The highest BCUT2D eigenvalue weighted by Gasteiger charge is 2.37. The van der Waals surface area contributed by atoms with Crippen LogP contribution >= 0.6 is 0 Å². The average molecular weight is 340 g/mol. The summed E-state index contributed by atoms with van der Waals surface area (Å²) in [6.45, 7) is 3.11. The Morgan fingerprint density at radius 2 is 2.24 bits per heavy atom. The minimum Gasteiger partial charge on any atom is -0.478 e. The Morgan fingerprint density at radius 1 is 1.44 bits per heavy atom. The summed E-state index contributed by atoms with van der Waals surface area (Å²) in [6.07, 6.45) is 2.60. The third-order valence-electron chi connectivity index (χ3n) is 4.52. The first-order valence-electron chi connectivity index (χ1n) is 8.33. The van der Waals surface area contributed by atoms with Crippen molar-refractivity contribution in [3.05, 3.63) is 40.8 Å². The molecule has 2 aromatic rings. The molecule has 0 saturated heterocycles. The average Bonchev–Trinajstić information content (AvgIpc) is 3.34. The number of hydrogen-bond donors (Lipinski definition) is 0. The second-order valence-corrected chi connectivity index (χ2v) is 6.43. The van der Waals surface area contributed by atoms with Gasteiger partial charge in [0.1, 0.15) is 11.9 Å². The molecule has 1 aliphatic heterocycles. The minimum atomic E-state index is -0.617. The van der Waals surface area contributed by atoms with Gasteiger partial charge in [0.2, 0.25) is 5.88 Å². The van der Waals surface area contributed by atoms with Gasteiger partial charge in [-0.25, -0.2) is 9.07 Å². The van der Waals surface area contributed by atoms with Crippen LogP contribution in [0.3, 0.4) is 0 Å². The number of nitriles is 1. The van der Waals surface area contributed by atoms with Crippen molar-refractivity contribution in [2.24, 2.45) is 0 Å². The van der Waals surface area contributed by atoms with E-state index < -0.39 is 5.82 Å². The highest BCUT2D eigenvalue weighted by Crippen LogP contribution is 2.36. The van der Waals surface area contributed by atoms with Crippen molar-refractivity contribution in [2.45, 2.75) is 38.8 Å². The van der Waals surface area contributed by atoms with Crippen molar-refractivity contribution in [1.82, 2.24) is 9.78 Å². The molecule has 0 bridgehead atoms. The number of ether oxygens (including phenoxy) is 1.